The zero-order chi connectivity index (χ0) is 18.0. The number of rotatable bonds is 6. The van der Waals surface area contributed by atoms with Gasteiger partial charge in [0.05, 0.1) is 17.9 Å². The van der Waals surface area contributed by atoms with E-state index < -0.39 is 10.0 Å². The summed E-state index contributed by atoms with van der Waals surface area (Å²) < 4.78 is 32.7. The second-order valence-electron chi connectivity index (χ2n) is 6.56. The third kappa shape index (κ3) is 3.57. The summed E-state index contributed by atoms with van der Waals surface area (Å²) in [6, 6.07) is 19.0. The van der Waals surface area contributed by atoms with E-state index >= 15 is 0 Å². The zero-order valence-electron chi connectivity index (χ0n) is 14.3. The molecule has 1 saturated heterocycles. The van der Waals surface area contributed by atoms with Crippen molar-refractivity contribution < 1.29 is 13.2 Å². The SMILES string of the molecule is O=S(=O)(Cc1cccc2cccnc12)N1CC(COc2ccccc2)C1. The minimum Gasteiger partial charge on any atom is -0.493 e. The molecular weight excluding hydrogens is 348 g/mol. The Morgan fingerprint density at radius 1 is 1.00 bits per heavy atom. The topological polar surface area (TPSA) is 59.5 Å². The molecule has 26 heavy (non-hydrogen) atoms. The van der Waals surface area contributed by atoms with Crippen LogP contribution in [-0.4, -0.2) is 37.4 Å². The van der Waals surface area contributed by atoms with Gasteiger partial charge in [-0.1, -0.05) is 42.5 Å². The van der Waals surface area contributed by atoms with Crippen LogP contribution in [0.15, 0.2) is 66.9 Å². The van der Waals surface area contributed by atoms with E-state index in [-0.39, 0.29) is 11.7 Å². The predicted octanol–water partition coefficient (Wildman–Crippen LogP) is 3.08. The first-order valence-corrected chi connectivity index (χ1v) is 10.2. The van der Waals surface area contributed by atoms with E-state index in [9.17, 15) is 8.42 Å². The van der Waals surface area contributed by atoms with Gasteiger partial charge >= 0.3 is 0 Å². The Hall–Kier alpha value is -2.44. The van der Waals surface area contributed by atoms with E-state index in [0.717, 1.165) is 22.2 Å². The van der Waals surface area contributed by atoms with Crippen LogP contribution in [0.5, 0.6) is 5.75 Å². The first-order chi connectivity index (χ1) is 12.6. The average Bonchev–Trinajstić information content (AvgIpc) is 2.61. The van der Waals surface area contributed by atoms with Crippen LogP contribution < -0.4 is 4.74 Å². The second-order valence-corrected chi connectivity index (χ2v) is 8.52. The number of para-hydroxylation sites is 2. The number of fused-ring (bicyclic) bond motifs is 1. The Morgan fingerprint density at radius 3 is 2.58 bits per heavy atom. The third-order valence-corrected chi connectivity index (χ3v) is 6.36. The molecular formula is C20H20N2O3S. The molecule has 3 aromatic rings. The van der Waals surface area contributed by atoms with Crippen LogP contribution in [0.2, 0.25) is 0 Å². The van der Waals surface area contributed by atoms with Crippen LogP contribution in [0.25, 0.3) is 10.9 Å². The highest BCUT2D eigenvalue weighted by molar-refractivity contribution is 7.88. The van der Waals surface area contributed by atoms with Crippen molar-refractivity contribution in [3.05, 3.63) is 72.4 Å². The van der Waals surface area contributed by atoms with E-state index in [2.05, 4.69) is 4.98 Å². The Morgan fingerprint density at radius 2 is 1.77 bits per heavy atom. The molecule has 0 saturated carbocycles. The minimum atomic E-state index is -3.35. The molecule has 0 N–H and O–H groups in total. The Balaban J connectivity index is 1.38. The number of ether oxygens (including phenoxy) is 1. The highest BCUT2D eigenvalue weighted by Crippen LogP contribution is 2.25. The molecule has 0 radical (unpaired) electrons. The van der Waals surface area contributed by atoms with Gasteiger partial charge in [-0.25, -0.2) is 12.7 Å². The number of hydrogen-bond acceptors (Lipinski definition) is 4. The highest BCUT2D eigenvalue weighted by atomic mass is 32.2. The van der Waals surface area contributed by atoms with Crippen LogP contribution in [-0.2, 0) is 15.8 Å². The molecule has 2 heterocycles. The van der Waals surface area contributed by atoms with Crippen LogP contribution in [0.3, 0.4) is 0 Å². The van der Waals surface area contributed by atoms with E-state index in [1.165, 1.54) is 4.31 Å². The predicted molar refractivity (Wildman–Crippen MR) is 101 cm³/mol. The molecule has 134 valence electrons. The lowest BCUT2D eigenvalue weighted by Gasteiger charge is -2.37. The minimum absolute atomic E-state index is 0.0202. The van der Waals surface area contributed by atoms with Crippen molar-refractivity contribution in [2.45, 2.75) is 5.75 Å². The molecule has 6 heteroatoms. The molecule has 0 spiro atoms. The van der Waals surface area contributed by atoms with Gasteiger partial charge in [0.15, 0.2) is 0 Å². The maximum atomic E-state index is 12.7. The van der Waals surface area contributed by atoms with Crippen molar-refractivity contribution >= 4 is 20.9 Å². The monoisotopic (exact) mass is 368 g/mol. The van der Waals surface area contributed by atoms with Crippen molar-refractivity contribution in [1.82, 2.24) is 9.29 Å². The summed E-state index contributed by atoms with van der Waals surface area (Å²) in [6.45, 7) is 1.55. The molecule has 1 fully saturated rings. The van der Waals surface area contributed by atoms with Gasteiger partial charge in [0.2, 0.25) is 10.0 Å². The molecule has 2 aromatic carbocycles. The molecule has 0 amide bonds. The van der Waals surface area contributed by atoms with Gasteiger partial charge in [0.1, 0.15) is 5.75 Å². The second kappa shape index (κ2) is 7.05. The molecule has 0 aliphatic carbocycles. The number of benzene rings is 2. The first-order valence-electron chi connectivity index (χ1n) is 8.60. The Labute approximate surface area is 153 Å². The number of hydrogen-bond donors (Lipinski definition) is 0. The highest BCUT2D eigenvalue weighted by Gasteiger charge is 2.36. The van der Waals surface area contributed by atoms with Gasteiger partial charge in [-0.05, 0) is 23.8 Å². The lowest BCUT2D eigenvalue weighted by atomic mass is 10.1. The van der Waals surface area contributed by atoms with Gasteiger partial charge in [-0.2, -0.15) is 0 Å². The van der Waals surface area contributed by atoms with Crippen LogP contribution in [0.4, 0.5) is 0 Å². The number of nitrogens with zero attached hydrogens (tertiary/aromatic N) is 2. The number of sulfonamides is 1. The Bertz CT molecular complexity index is 995. The number of pyridine rings is 1. The van der Waals surface area contributed by atoms with Crippen molar-refractivity contribution in [2.75, 3.05) is 19.7 Å². The summed E-state index contributed by atoms with van der Waals surface area (Å²) in [5.41, 5.74) is 1.50. The summed E-state index contributed by atoms with van der Waals surface area (Å²) in [6.07, 6.45) is 1.69. The summed E-state index contributed by atoms with van der Waals surface area (Å²) >= 11 is 0. The number of aromatic nitrogens is 1. The molecule has 0 atom stereocenters. The zero-order valence-corrected chi connectivity index (χ0v) is 15.1. The first kappa shape index (κ1) is 17.0. The molecule has 0 unspecified atom stereocenters. The lowest BCUT2D eigenvalue weighted by molar-refractivity contribution is 0.129. The Kier molecular flexibility index (Phi) is 4.61. The summed E-state index contributed by atoms with van der Waals surface area (Å²) in [5.74, 6) is 1.03. The van der Waals surface area contributed by atoms with E-state index in [1.807, 2.05) is 60.7 Å². The molecule has 1 aliphatic rings. The van der Waals surface area contributed by atoms with Gasteiger partial charge in [0, 0.05) is 30.6 Å². The van der Waals surface area contributed by atoms with Crippen molar-refractivity contribution in [3.8, 4) is 5.75 Å². The van der Waals surface area contributed by atoms with E-state index in [1.54, 1.807) is 6.20 Å². The molecule has 1 aliphatic heterocycles. The maximum absolute atomic E-state index is 12.7. The van der Waals surface area contributed by atoms with Gasteiger partial charge in [0.25, 0.3) is 0 Å². The normalized spacial score (nSPS) is 15.7. The molecule has 0 bridgehead atoms. The fourth-order valence-corrected chi connectivity index (χ4v) is 4.84. The van der Waals surface area contributed by atoms with Gasteiger partial charge in [-0.15, -0.1) is 0 Å². The van der Waals surface area contributed by atoms with E-state index in [0.29, 0.717) is 19.7 Å². The van der Waals surface area contributed by atoms with Gasteiger partial charge in [-0.3, -0.25) is 4.98 Å². The van der Waals surface area contributed by atoms with Gasteiger partial charge < -0.3 is 4.74 Å². The fraction of sp³-hybridized carbons (Fsp3) is 0.250. The lowest BCUT2D eigenvalue weighted by Crippen LogP contribution is -2.52. The van der Waals surface area contributed by atoms with Crippen LogP contribution in [0, 0.1) is 5.92 Å². The molecule has 5 nitrogen and oxygen atoms in total. The fourth-order valence-electron chi connectivity index (χ4n) is 3.16. The quantitative estimate of drug-likeness (QED) is 0.671. The van der Waals surface area contributed by atoms with Crippen molar-refractivity contribution in [1.29, 1.82) is 0 Å². The van der Waals surface area contributed by atoms with Crippen molar-refractivity contribution in [2.24, 2.45) is 5.92 Å². The van der Waals surface area contributed by atoms with Crippen LogP contribution in [0.1, 0.15) is 5.56 Å². The van der Waals surface area contributed by atoms with Crippen LogP contribution >= 0.6 is 0 Å². The summed E-state index contributed by atoms with van der Waals surface area (Å²) in [7, 11) is -3.35. The maximum Gasteiger partial charge on any atom is 0.218 e. The standard InChI is InChI=1S/C20H20N2O3S/c23-26(24,15-18-7-4-6-17-8-5-11-21-20(17)18)22-12-16(13-22)14-25-19-9-2-1-3-10-19/h1-11,16H,12-15H2. The molecule has 1 aromatic heterocycles. The average molecular weight is 368 g/mol. The summed E-state index contributed by atoms with van der Waals surface area (Å²) in [4.78, 5) is 4.34. The third-order valence-electron chi connectivity index (χ3n) is 4.60. The van der Waals surface area contributed by atoms with Crippen molar-refractivity contribution in [3.63, 3.8) is 0 Å². The molecule has 4 rings (SSSR count). The summed E-state index contributed by atoms with van der Waals surface area (Å²) in [5, 5.41) is 0.956. The van der Waals surface area contributed by atoms with E-state index in [4.69, 9.17) is 4.74 Å². The largest absolute Gasteiger partial charge is 0.493 e. The smallest absolute Gasteiger partial charge is 0.218 e.